The van der Waals surface area contributed by atoms with Crippen LogP contribution in [0.1, 0.15) is 0 Å². The zero-order chi connectivity index (χ0) is 17.5. The highest BCUT2D eigenvalue weighted by Crippen LogP contribution is 2.26. The summed E-state index contributed by atoms with van der Waals surface area (Å²) in [5.41, 5.74) is 2.80. The number of para-hydroxylation sites is 1. The van der Waals surface area contributed by atoms with Crippen molar-refractivity contribution in [3.05, 3.63) is 65.1 Å². The van der Waals surface area contributed by atoms with E-state index in [1.165, 1.54) is 0 Å². The van der Waals surface area contributed by atoms with Crippen molar-refractivity contribution >= 4 is 33.4 Å². The van der Waals surface area contributed by atoms with Crippen LogP contribution in [0.2, 0.25) is 0 Å². The molecule has 0 atom stereocenters. The molecule has 0 spiro atoms. The number of rotatable bonds is 7. The van der Waals surface area contributed by atoms with Crippen LogP contribution in [0.4, 0.5) is 17.5 Å². The highest BCUT2D eigenvalue weighted by Gasteiger charge is 2.08. The van der Waals surface area contributed by atoms with Crippen molar-refractivity contribution in [2.45, 2.75) is 0 Å². The molecule has 2 N–H and O–H groups in total. The molecule has 0 aliphatic rings. The van der Waals surface area contributed by atoms with Crippen LogP contribution in [0.25, 0.3) is 11.3 Å². The molecule has 0 aliphatic heterocycles. The molecule has 0 saturated heterocycles. The van der Waals surface area contributed by atoms with Gasteiger partial charge in [-0.3, -0.25) is 0 Å². The molecule has 0 saturated carbocycles. The van der Waals surface area contributed by atoms with Gasteiger partial charge in [-0.15, -0.1) is 0 Å². The van der Waals surface area contributed by atoms with Gasteiger partial charge in [0.05, 0.1) is 18.0 Å². The molecule has 0 aliphatic carbocycles. The van der Waals surface area contributed by atoms with Gasteiger partial charge in [-0.05, 0) is 28.1 Å². The first-order valence-corrected chi connectivity index (χ1v) is 8.74. The van der Waals surface area contributed by atoms with Crippen molar-refractivity contribution in [3.63, 3.8) is 0 Å². The highest BCUT2D eigenvalue weighted by atomic mass is 79.9. The molecule has 128 valence electrons. The number of benzene rings is 2. The summed E-state index contributed by atoms with van der Waals surface area (Å²) < 4.78 is 6.05. The second kappa shape index (κ2) is 8.60. The van der Waals surface area contributed by atoms with Crippen LogP contribution in [0, 0.1) is 0 Å². The molecule has 5 nitrogen and oxygen atoms in total. The first-order chi connectivity index (χ1) is 12.3. The molecule has 0 bridgehead atoms. The maximum absolute atomic E-state index is 5.09. The minimum atomic E-state index is 0.535. The lowest BCUT2D eigenvalue weighted by molar-refractivity contribution is 0.210. The molecule has 0 unspecified atom stereocenters. The number of nitrogens with zero attached hydrogens (tertiary/aromatic N) is 2. The highest BCUT2D eigenvalue weighted by molar-refractivity contribution is 9.10. The smallest absolute Gasteiger partial charge is 0.229 e. The van der Waals surface area contributed by atoms with Crippen molar-refractivity contribution in [1.82, 2.24) is 9.97 Å². The molecule has 1 heterocycles. The number of anilines is 3. The van der Waals surface area contributed by atoms with Gasteiger partial charge in [-0.25, -0.2) is 4.98 Å². The van der Waals surface area contributed by atoms with E-state index in [1.807, 2.05) is 60.7 Å². The van der Waals surface area contributed by atoms with Gasteiger partial charge in [-0.2, -0.15) is 4.98 Å². The Morgan fingerprint density at radius 3 is 2.52 bits per heavy atom. The third kappa shape index (κ3) is 4.78. The third-order valence-electron chi connectivity index (χ3n) is 3.53. The second-order valence-corrected chi connectivity index (χ2v) is 6.21. The summed E-state index contributed by atoms with van der Waals surface area (Å²) in [6, 6.07) is 19.9. The summed E-state index contributed by atoms with van der Waals surface area (Å²) in [6.07, 6.45) is 0. The van der Waals surface area contributed by atoms with E-state index in [0.717, 1.165) is 27.2 Å². The van der Waals surface area contributed by atoms with Crippen LogP contribution in [-0.2, 0) is 4.74 Å². The first kappa shape index (κ1) is 17.4. The molecule has 6 heteroatoms. The summed E-state index contributed by atoms with van der Waals surface area (Å²) in [6.45, 7) is 1.29. The van der Waals surface area contributed by atoms with E-state index in [-0.39, 0.29) is 0 Å². The summed E-state index contributed by atoms with van der Waals surface area (Å²) in [5.74, 6) is 1.29. The number of methoxy groups -OCH3 is 1. The molecule has 3 rings (SSSR count). The monoisotopic (exact) mass is 398 g/mol. The Kier molecular flexibility index (Phi) is 5.98. The van der Waals surface area contributed by atoms with E-state index in [1.54, 1.807) is 7.11 Å². The summed E-state index contributed by atoms with van der Waals surface area (Å²) in [7, 11) is 1.68. The predicted octanol–water partition coefficient (Wildman–Crippen LogP) is 4.71. The Bertz CT molecular complexity index is 827. The van der Waals surface area contributed by atoms with E-state index in [9.17, 15) is 0 Å². The normalized spacial score (nSPS) is 10.5. The van der Waals surface area contributed by atoms with E-state index >= 15 is 0 Å². The standard InChI is InChI=1S/C19H19BrN4O/c1-25-12-11-21-18-13-17(14-7-3-2-4-8-14)23-19(24-18)22-16-10-6-5-9-15(16)20/h2-10,13H,11-12H2,1H3,(H2,21,22,23,24). The average Bonchev–Trinajstić information content (AvgIpc) is 2.64. The van der Waals surface area contributed by atoms with Gasteiger partial charge in [0, 0.05) is 29.8 Å². The molecular formula is C19H19BrN4O. The van der Waals surface area contributed by atoms with Gasteiger partial charge in [0.25, 0.3) is 0 Å². The number of hydrogen-bond acceptors (Lipinski definition) is 5. The first-order valence-electron chi connectivity index (χ1n) is 7.95. The number of ether oxygens (including phenoxy) is 1. The van der Waals surface area contributed by atoms with Crippen molar-refractivity contribution in [1.29, 1.82) is 0 Å². The van der Waals surface area contributed by atoms with Crippen LogP contribution in [-0.4, -0.2) is 30.2 Å². The fourth-order valence-corrected chi connectivity index (χ4v) is 2.70. The zero-order valence-corrected chi connectivity index (χ0v) is 15.5. The molecule has 3 aromatic rings. The third-order valence-corrected chi connectivity index (χ3v) is 4.22. The minimum absolute atomic E-state index is 0.535. The molecule has 2 aromatic carbocycles. The number of aromatic nitrogens is 2. The Balaban J connectivity index is 1.93. The summed E-state index contributed by atoms with van der Waals surface area (Å²) >= 11 is 3.54. The van der Waals surface area contributed by atoms with Crippen LogP contribution in [0.5, 0.6) is 0 Å². The van der Waals surface area contributed by atoms with Gasteiger partial charge in [0.2, 0.25) is 5.95 Å². The Labute approximate surface area is 155 Å². The largest absolute Gasteiger partial charge is 0.383 e. The molecule has 25 heavy (non-hydrogen) atoms. The van der Waals surface area contributed by atoms with Gasteiger partial charge in [0.1, 0.15) is 5.82 Å². The Hall–Kier alpha value is -2.44. The molecular weight excluding hydrogens is 380 g/mol. The van der Waals surface area contributed by atoms with E-state index < -0.39 is 0 Å². The number of halogens is 1. The fourth-order valence-electron chi connectivity index (χ4n) is 2.31. The second-order valence-electron chi connectivity index (χ2n) is 5.35. The van der Waals surface area contributed by atoms with Crippen molar-refractivity contribution in [2.75, 3.05) is 30.9 Å². The van der Waals surface area contributed by atoms with E-state index in [2.05, 4.69) is 36.5 Å². The van der Waals surface area contributed by atoms with Crippen LogP contribution < -0.4 is 10.6 Å². The maximum Gasteiger partial charge on any atom is 0.229 e. The molecule has 0 amide bonds. The summed E-state index contributed by atoms with van der Waals surface area (Å²) in [5, 5.41) is 6.54. The SMILES string of the molecule is COCCNc1cc(-c2ccccc2)nc(Nc2ccccc2Br)n1. The van der Waals surface area contributed by atoms with Gasteiger partial charge < -0.3 is 15.4 Å². The lowest BCUT2D eigenvalue weighted by atomic mass is 10.1. The van der Waals surface area contributed by atoms with E-state index in [4.69, 9.17) is 4.74 Å². The lowest BCUT2D eigenvalue weighted by Crippen LogP contribution is -2.10. The Morgan fingerprint density at radius 1 is 1.00 bits per heavy atom. The molecule has 0 fully saturated rings. The average molecular weight is 399 g/mol. The van der Waals surface area contributed by atoms with Crippen molar-refractivity contribution < 1.29 is 4.74 Å². The van der Waals surface area contributed by atoms with Crippen LogP contribution in [0.15, 0.2) is 65.1 Å². The Morgan fingerprint density at radius 2 is 1.76 bits per heavy atom. The summed E-state index contributed by atoms with van der Waals surface area (Å²) in [4.78, 5) is 9.21. The molecule has 0 radical (unpaired) electrons. The number of hydrogen-bond donors (Lipinski definition) is 2. The lowest BCUT2D eigenvalue weighted by Gasteiger charge is -2.12. The predicted molar refractivity (Wildman–Crippen MR) is 105 cm³/mol. The number of nitrogens with one attached hydrogen (secondary N) is 2. The van der Waals surface area contributed by atoms with Gasteiger partial charge >= 0.3 is 0 Å². The minimum Gasteiger partial charge on any atom is -0.383 e. The zero-order valence-electron chi connectivity index (χ0n) is 13.9. The van der Waals surface area contributed by atoms with Gasteiger partial charge in [0.15, 0.2) is 0 Å². The van der Waals surface area contributed by atoms with Crippen LogP contribution in [0.3, 0.4) is 0 Å². The maximum atomic E-state index is 5.09. The molecule has 1 aromatic heterocycles. The van der Waals surface area contributed by atoms with Crippen LogP contribution >= 0.6 is 15.9 Å². The van der Waals surface area contributed by atoms with Gasteiger partial charge in [-0.1, -0.05) is 42.5 Å². The topological polar surface area (TPSA) is 59.1 Å². The van der Waals surface area contributed by atoms with E-state index in [0.29, 0.717) is 19.1 Å². The quantitative estimate of drug-likeness (QED) is 0.564. The van der Waals surface area contributed by atoms with Crippen molar-refractivity contribution in [2.24, 2.45) is 0 Å². The fraction of sp³-hybridized carbons (Fsp3) is 0.158. The van der Waals surface area contributed by atoms with Crippen molar-refractivity contribution in [3.8, 4) is 11.3 Å².